The van der Waals surface area contributed by atoms with Gasteiger partial charge in [-0.2, -0.15) is 0 Å². The fourth-order valence-corrected chi connectivity index (χ4v) is 1.73. The minimum absolute atomic E-state index is 0.103. The predicted octanol–water partition coefficient (Wildman–Crippen LogP) is 0.478. The first-order chi connectivity index (χ1) is 11.1. The smallest absolute Gasteiger partial charge is 0.339 e. The summed E-state index contributed by atoms with van der Waals surface area (Å²) >= 11 is 0. The van der Waals surface area contributed by atoms with Crippen molar-refractivity contribution in [2.75, 3.05) is 0 Å². The number of carbonyl (C=O) groups excluding carboxylic acids is 3. The van der Waals surface area contributed by atoms with Gasteiger partial charge in [0.15, 0.2) is 11.5 Å². The molecule has 0 saturated heterocycles. The molecule has 130 valence electrons. The van der Waals surface area contributed by atoms with Crippen LogP contribution in [0.15, 0.2) is 12.1 Å². The summed E-state index contributed by atoms with van der Waals surface area (Å²) < 4.78 is 14.7. The highest BCUT2D eigenvalue weighted by Gasteiger charge is 2.27. The van der Waals surface area contributed by atoms with E-state index in [9.17, 15) is 19.2 Å². The molecule has 1 aromatic rings. The van der Waals surface area contributed by atoms with Gasteiger partial charge in [0.25, 0.3) is 0 Å². The molecule has 0 fully saturated rings. The van der Waals surface area contributed by atoms with Gasteiger partial charge >= 0.3 is 23.9 Å². The lowest BCUT2D eigenvalue weighted by atomic mass is 10.1. The minimum atomic E-state index is -1.64. The standard InChI is InChI=1S/C14H15NO9/c1-6(16)21-10-4-9(12(24-15)14(19)20)5-11(22-7(2)17)13(10)23-8(3)18/h4-5,12H,15H2,1-3H3,(H,19,20). The molecule has 0 aliphatic heterocycles. The van der Waals surface area contributed by atoms with Crippen LogP contribution < -0.4 is 20.1 Å². The second-order valence-corrected chi connectivity index (χ2v) is 4.48. The minimum Gasteiger partial charge on any atom is -0.479 e. The first-order valence-electron chi connectivity index (χ1n) is 6.47. The highest BCUT2D eigenvalue weighted by molar-refractivity contribution is 5.80. The van der Waals surface area contributed by atoms with E-state index in [-0.39, 0.29) is 22.8 Å². The van der Waals surface area contributed by atoms with Crippen molar-refractivity contribution in [2.24, 2.45) is 5.90 Å². The van der Waals surface area contributed by atoms with Crippen molar-refractivity contribution >= 4 is 23.9 Å². The topological polar surface area (TPSA) is 151 Å². The van der Waals surface area contributed by atoms with E-state index in [1.165, 1.54) is 0 Å². The molecule has 10 nitrogen and oxygen atoms in total. The monoisotopic (exact) mass is 341 g/mol. The number of carbonyl (C=O) groups is 4. The van der Waals surface area contributed by atoms with E-state index in [0.29, 0.717) is 0 Å². The lowest BCUT2D eigenvalue weighted by Gasteiger charge is -2.17. The van der Waals surface area contributed by atoms with Crippen molar-refractivity contribution in [1.29, 1.82) is 0 Å². The fourth-order valence-electron chi connectivity index (χ4n) is 1.73. The Labute approximate surface area is 136 Å². The maximum absolute atomic E-state index is 11.2. The lowest BCUT2D eigenvalue weighted by Crippen LogP contribution is -2.19. The Balaban J connectivity index is 3.59. The summed E-state index contributed by atoms with van der Waals surface area (Å²) in [5, 5.41) is 9.08. The summed E-state index contributed by atoms with van der Waals surface area (Å²) in [6.07, 6.45) is -1.64. The van der Waals surface area contributed by atoms with Crippen LogP contribution in [-0.4, -0.2) is 29.0 Å². The Morgan fingerprint density at radius 1 is 0.917 bits per heavy atom. The molecule has 1 unspecified atom stereocenters. The Morgan fingerprint density at radius 3 is 1.62 bits per heavy atom. The van der Waals surface area contributed by atoms with Crippen LogP contribution in [0.2, 0.25) is 0 Å². The third kappa shape index (κ3) is 5.04. The van der Waals surface area contributed by atoms with Gasteiger partial charge in [0.1, 0.15) is 0 Å². The van der Waals surface area contributed by atoms with Crippen LogP contribution in [0.1, 0.15) is 32.4 Å². The van der Waals surface area contributed by atoms with Gasteiger partial charge in [0.05, 0.1) is 0 Å². The second kappa shape index (κ2) is 8.04. The molecule has 1 rings (SSSR count). The normalized spacial score (nSPS) is 11.3. The van der Waals surface area contributed by atoms with Crippen molar-refractivity contribution in [3.05, 3.63) is 17.7 Å². The van der Waals surface area contributed by atoms with Gasteiger partial charge in [-0.1, -0.05) is 0 Å². The number of benzene rings is 1. The average molecular weight is 341 g/mol. The van der Waals surface area contributed by atoms with Crippen LogP contribution in [0.4, 0.5) is 0 Å². The number of ether oxygens (including phenoxy) is 3. The number of rotatable bonds is 6. The number of carboxylic acids is 1. The van der Waals surface area contributed by atoms with Crippen LogP contribution in [0.25, 0.3) is 0 Å². The molecule has 0 saturated carbocycles. The summed E-state index contributed by atoms with van der Waals surface area (Å²) in [5.74, 6) is 0.114. The number of hydrogen-bond donors (Lipinski definition) is 2. The summed E-state index contributed by atoms with van der Waals surface area (Å²) in [6, 6.07) is 2.14. The molecule has 0 aliphatic rings. The fraction of sp³-hybridized carbons (Fsp3) is 0.286. The Kier molecular flexibility index (Phi) is 6.38. The first kappa shape index (κ1) is 19.1. The van der Waals surface area contributed by atoms with Crippen LogP contribution in [0, 0.1) is 0 Å². The first-order valence-corrected chi connectivity index (χ1v) is 6.47. The van der Waals surface area contributed by atoms with E-state index in [4.69, 9.17) is 25.2 Å². The van der Waals surface area contributed by atoms with E-state index in [2.05, 4.69) is 4.84 Å². The largest absolute Gasteiger partial charge is 0.479 e. The van der Waals surface area contributed by atoms with Gasteiger partial charge in [-0.05, 0) is 12.1 Å². The molecular formula is C14H15NO9. The predicted molar refractivity (Wildman–Crippen MR) is 76.0 cm³/mol. The van der Waals surface area contributed by atoms with Crippen molar-refractivity contribution in [1.82, 2.24) is 0 Å². The van der Waals surface area contributed by atoms with Gasteiger partial charge in [0.2, 0.25) is 11.9 Å². The third-order valence-electron chi connectivity index (χ3n) is 2.46. The van der Waals surface area contributed by atoms with Crippen molar-refractivity contribution in [3.63, 3.8) is 0 Å². The van der Waals surface area contributed by atoms with Gasteiger partial charge in [0, 0.05) is 26.3 Å². The molecule has 1 atom stereocenters. The zero-order chi connectivity index (χ0) is 18.4. The lowest BCUT2D eigenvalue weighted by molar-refractivity contribution is -0.151. The molecule has 0 amide bonds. The maximum Gasteiger partial charge on any atom is 0.339 e. The van der Waals surface area contributed by atoms with Crippen LogP contribution in [0.3, 0.4) is 0 Å². The summed E-state index contributed by atoms with van der Waals surface area (Å²) in [7, 11) is 0. The number of nitrogens with two attached hydrogens (primary N) is 1. The van der Waals surface area contributed by atoms with Gasteiger partial charge in [-0.25, -0.2) is 10.7 Å². The van der Waals surface area contributed by atoms with Crippen molar-refractivity contribution < 1.29 is 43.3 Å². The number of carboxylic acid groups (broad SMARTS) is 1. The van der Waals surface area contributed by atoms with E-state index >= 15 is 0 Å². The molecule has 1 aromatic carbocycles. The molecule has 0 aromatic heterocycles. The highest BCUT2D eigenvalue weighted by atomic mass is 16.6. The zero-order valence-corrected chi connectivity index (χ0v) is 13.0. The van der Waals surface area contributed by atoms with Gasteiger partial charge in [-0.15, -0.1) is 0 Å². The molecule has 3 N–H and O–H groups in total. The number of aliphatic carboxylic acids is 1. The van der Waals surface area contributed by atoms with E-state index < -0.39 is 30.0 Å². The van der Waals surface area contributed by atoms with Gasteiger partial charge < -0.3 is 19.3 Å². The van der Waals surface area contributed by atoms with Crippen molar-refractivity contribution in [2.45, 2.75) is 26.9 Å². The number of esters is 3. The molecule has 0 heterocycles. The van der Waals surface area contributed by atoms with E-state index in [0.717, 1.165) is 32.9 Å². The van der Waals surface area contributed by atoms with Gasteiger partial charge in [-0.3, -0.25) is 19.2 Å². The van der Waals surface area contributed by atoms with Crippen LogP contribution in [-0.2, 0) is 24.0 Å². The van der Waals surface area contributed by atoms with Crippen molar-refractivity contribution in [3.8, 4) is 17.2 Å². The third-order valence-corrected chi connectivity index (χ3v) is 2.46. The highest BCUT2D eigenvalue weighted by Crippen LogP contribution is 2.41. The summed E-state index contributed by atoms with van der Waals surface area (Å²) in [4.78, 5) is 49.2. The SMILES string of the molecule is CC(=O)Oc1cc(C(ON)C(=O)O)cc(OC(C)=O)c1OC(C)=O. The molecule has 0 bridgehead atoms. The maximum atomic E-state index is 11.2. The quantitative estimate of drug-likeness (QED) is 0.424. The Morgan fingerprint density at radius 2 is 1.33 bits per heavy atom. The molecule has 10 heteroatoms. The molecule has 0 aliphatic carbocycles. The average Bonchev–Trinajstić information content (AvgIpc) is 2.41. The molecule has 24 heavy (non-hydrogen) atoms. The second-order valence-electron chi connectivity index (χ2n) is 4.48. The van der Waals surface area contributed by atoms with Crippen LogP contribution in [0.5, 0.6) is 17.2 Å². The number of hydrogen-bond acceptors (Lipinski definition) is 9. The van der Waals surface area contributed by atoms with E-state index in [1.807, 2.05) is 0 Å². The molecule has 0 radical (unpaired) electrons. The molecular weight excluding hydrogens is 326 g/mol. The van der Waals surface area contributed by atoms with Crippen LogP contribution >= 0.6 is 0 Å². The summed E-state index contributed by atoms with van der Waals surface area (Å²) in [5.41, 5.74) is -0.103. The Bertz CT molecular complexity index is 646. The molecule has 0 spiro atoms. The van der Waals surface area contributed by atoms with E-state index in [1.54, 1.807) is 0 Å². The zero-order valence-electron chi connectivity index (χ0n) is 13.0. The Hall–Kier alpha value is -2.98. The summed E-state index contributed by atoms with van der Waals surface area (Å²) in [6.45, 7) is 3.22.